The molecule has 1 saturated heterocycles. The first-order chi connectivity index (χ1) is 13.9. The summed E-state index contributed by atoms with van der Waals surface area (Å²) in [5.41, 5.74) is 8.13. The molecule has 29 heavy (non-hydrogen) atoms. The molecule has 0 amide bonds. The summed E-state index contributed by atoms with van der Waals surface area (Å²) in [7, 11) is 0. The predicted octanol–water partition coefficient (Wildman–Crippen LogP) is 2.89. The van der Waals surface area contributed by atoms with Crippen LogP contribution in [0, 0.1) is 24.6 Å². The lowest BCUT2D eigenvalue weighted by molar-refractivity contribution is 0.0694. The second-order valence-electron chi connectivity index (χ2n) is 8.99. The monoisotopic (exact) mass is 399 g/mol. The Hall–Kier alpha value is -2.41. The van der Waals surface area contributed by atoms with Crippen LogP contribution in [0.25, 0.3) is 5.52 Å². The maximum atomic E-state index is 15.3. The molecule has 6 nitrogen and oxygen atoms in total. The molecule has 2 aliphatic carbocycles. The molecule has 1 aliphatic heterocycles. The van der Waals surface area contributed by atoms with E-state index in [1.807, 2.05) is 6.92 Å². The van der Waals surface area contributed by atoms with E-state index in [0.29, 0.717) is 28.6 Å². The topological polar surface area (TPSA) is 88.0 Å². The Morgan fingerprint density at radius 2 is 2.00 bits per heavy atom. The summed E-state index contributed by atoms with van der Waals surface area (Å²) in [4.78, 5) is 26.4. The molecule has 0 spiro atoms. The van der Waals surface area contributed by atoms with Crippen LogP contribution in [0.2, 0.25) is 0 Å². The van der Waals surface area contributed by atoms with Gasteiger partial charge in [0.15, 0.2) is 5.82 Å². The van der Waals surface area contributed by atoms with Crippen LogP contribution in [0.5, 0.6) is 0 Å². The van der Waals surface area contributed by atoms with E-state index in [1.165, 1.54) is 16.7 Å². The fourth-order valence-electron chi connectivity index (χ4n) is 5.59. The van der Waals surface area contributed by atoms with E-state index in [0.717, 1.165) is 50.8 Å². The van der Waals surface area contributed by atoms with Gasteiger partial charge in [-0.05, 0) is 67.6 Å². The minimum Gasteiger partial charge on any atom is -0.477 e. The van der Waals surface area contributed by atoms with E-state index in [1.54, 1.807) is 0 Å². The van der Waals surface area contributed by atoms with E-state index in [9.17, 15) is 14.7 Å². The first-order valence-electron chi connectivity index (χ1n) is 10.5. The third-order valence-electron chi connectivity index (χ3n) is 7.16. The van der Waals surface area contributed by atoms with Crippen molar-refractivity contribution in [1.82, 2.24) is 4.40 Å². The average molecular weight is 399 g/mol. The van der Waals surface area contributed by atoms with Crippen LogP contribution in [0.4, 0.5) is 10.1 Å². The third-order valence-corrected chi connectivity index (χ3v) is 7.16. The number of nitrogens with two attached hydrogens (primary N) is 1. The van der Waals surface area contributed by atoms with Crippen LogP contribution in [-0.2, 0) is 0 Å². The maximum absolute atomic E-state index is 15.3. The summed E-state index contributed by atoms with van der Waals surface area (Å²) in [5.74, 6) is -0.665. The van der Waals surface area contributed by atoms with Gasteiger partial charge in [-0.25, -0.2) is 9.18 Å². The van der Waals surface area contributed by atoms with Crippen molar-refractivity contribution in [3.63, 3.8) is 0 Å². The van der Waals surface area contributed by atoms with Crippen molar-refractivity contribution < 1.29 is 14.3 Å². The highest BCUT2D eigenvalue weighted by Gasteiger charge is 2.40. The van der Waals surface area contributed by atoms with Crippen molar-refractivity contribution in [2.24, 2.45) is 17.6 Å². The van der Waals surface area contributed by atoms with Gasteiger partial charge in [0.1, 0.15) is 5.56 Å². The first kappa shape index (κ1) is 18.6. The van der Waals surface area contributed by atoms with Crippen LogP contribution in [0.3, 0.4) is 0 Å². The highest BCUT2D eigenvalue weighted by molar-refractivity contribution is 5.89. The van der Waals surface area contributed by atoms with Gasteiger partial charge in [0.2, 0.25) is 0 Å². The summed E-state index contributed by atoms with van der Waals surface area (Å²) in [6.07, 6.45) is 6.36. The van der Waals surface area contributed by atoms with Gasteiger partial charge in [-0.3, -0.25) is 9.20 Å². The molecule has 3 N–H and O–H groups in total. The summed E-state index contributed by atoms with van der Waals surface area (Å²) in [6.45, 7) is 3.36. The Kier molecular flexibility index (Phi) is 4.21. The van der Waals surface area contributed by atoms with Crippen molar-refractivity contribution in [1.29, 1.82) is 0 Å². The molecule has 0 bridgehead atoms. The maximum Gasteiger partial charge on any atom is 0.341 e. The number of hydrogen-bond donors (Lipinski definition) is 2. The number of nitrogens with zero attached hydrogens (tertiary/aromatic N) is 2. The second-order valence-corrected chi connectivity index (χ2v) is 8.99. The fourth-order valence-corrected chi connectivity index (χ4v) is 5.59. The number of aromatic carboxylic acids is 1. The van der Waals surface area contributed by atoms with Gasteiger partial charge in [-0.2, -0.15) is 0 Å². The number of carboxylic acid groups (broad SMARTS) is 1. The molecule has 2 aromatic heterocycles. The van der Waals surface area contributed by atoms with E-state index < -0.39 is 17.3 Å². The van der Waals surface area contributed by atoms with Crippen LogP contribution >= 0.6 is 0 Å². The molecule has 3 fully saturated rings. The SMILES string of the molecule is Cc1c(N2C[C@@H]3CCC[C@@H](N)[C@H]3C2)c(F)cn2c(=O)c(C(=O)O)cc(C3CC3)c12. The predicted molar refractivity (Wildman–Crippen MR) is 108 cm³/mol. The summed E-state index contributed by atoms with van der Waals surface area (Å²) < 4.78 is 16.5. The van der Waals surface area contributed by atoms with Crippen molar-refractivity contribution in [2.45, 2.75) is 51.0 Å². The minimum atomic E-state index is -1.27. The number of fused-ring (bicyclic) bond motifs is 2. The molecule has 3 atom stereocenters. The summed E-state index contributed by atoms with van der Waals surface area (Å²) >= 11 is 0. The Bertz CT molecular complexity index is 1080. The van der Waals surface area contributed by atoms with Gasteiger partial charge >= 0.3 is 5.97 Å². The second kappa shape index (κ2) is 6.55. The minimum absolute atomic E-state index is 0.158. The number of aromatic nitrogens is 1. The lowest BCUT2D eigenvalue weighted by atomic mass is 9.78. The largest absolute Gasteiger partial charge is 0.477 e. The van der Waals surface area contributed by atoms with Gasteiger partial charge < -0.3 is 15.7 Å². The zero-order valence-electron chi connectivity index (χ0n) is 16.5. The number of anilines is 1. The van der Waals surface area contributed by atoms with Crippen molar-refractivity contribution in [3.8, 4) is 0 Å². The molecule has 154 valence electrons. The van der Waals surface area contributed by atoms with Crippen LogP contribution < -0.4 is 16.2 Å². The number of halogens is 1. The van der Waals surface area contributed by atoms with Crippen molar-refractivity contribution in [3.05, 3.63) is 45.1 Å². The van der Waals surface area contributed by atoms with Crippen LogP contribution in [0.1, 0.15) is 59.5 Å². The Balaban J connectivity index is 1.68. The zero-order chi connectivity index (χ0) is 20.4. The number of pyridine rings is 2. The van der Waals surface area contributed by atoms with Gasteiger partial charge in [-0.1, -0.05) is 6.42 Å². The molecule has 7 heteroatoms. The lowest BCUT2D eigenvalue weighted by Crippen LogP contribution is -2.38. The quantitative estimate of drug-likeness (QED) is 0.829. The summed E-state index contributed by atoms with van der Waals surface area (Å²) in [5, 5.41) is 9.43. The zero-order valence-corrected chi connectivity index (χ0v) is 16.5. The van der Waals surface area contributed by atoms with Crippen molar-refractivity contribution in [2.75, 3.05) is 18.0 Å². The van der Waals surface area contributed by atoms with Crippen LogP contribution in [0.15, 0.2) is 17.1 Å². The highest BCUT2D eigenvalue weighted by atomic mass is 19.1. The smallest absolute Gasteiger partial charge is 0.341 e. The average Bonchev–Trinajstić information content (AvgIpc) is 3.42. The number of rotatable bonds is 3. The Morgan fingerprint density at radius 3 is 2.66 bits per heavy atom. The molecule has 3 aliphatic rings. The molecule has 0 radical (unpaired) electrons. The summed E-state index contributed by atoms with van der Waals surface area (Å²) in [6, 6.07) is 1.66. The number of hydrogen-bond acceptors (Lipinski definition) is 4. The first-order valence-corrected chi connectivity index (χ1v) is 10.5. The van der Waals surface area contributed by atoms with Crippen molar-refractivity contribution >= 4 is 17.2 Å². The standard InChI is InChI=1S/C22H26FN3O3/c1-11-19-14(12-5-6-12)7-15(22(28)29)21(27)26(19)10-17(23)20(11)25-8-13-3-2-4-18(24)16(13)9-25/h7,10,12-13,16,18H,2-6,8-9,24H2,1H3,(H,28,29)/t13-,16-,18+/m0/s1. The van der Waals surface area contributed by atoms with Gasteiger partial charge in [0.05, 0.1) is 17.4 Å². The van der Waals surface area contributed by atoms with Gasteiger partial charge in [0, 0.05) is 19.1 Å². The highest BCUT2D eigenvalue weighted by Crippen LogP contribution is 2.45. The Morgan fingerprint density at radius 1 is 1.24 bits per heavy atom. The van der Waals surface area contributed by atoms with Gasteiger partial charge in [0.25, 0.3) is 5.56 Å². The lowest BCUT2D eigenvalue weighted by Gasteiger charge is -2.29. The molecule has 0 aromatic carbocycles. The third kappa shape index (κ3) is 2.86. The molecular formula is C22H26FN3O3. The molecule has 0 unspecified atom stereocenters. The van der Waals surface area contributed by atoms with E-state index >= 15 is 4.39 Å². The normalized spacial score (nSPS) is 26.7. The number of aryl methyl sites for hydroxylation is 1. The number of carbonyl (C=O) groups is 1. The van der Waals surface area contributed by atoms with E-state index in [2.05, 4.69) is 4.90 Å². The molecule has 2 saturated carbocycles. The number of carboxylic acids is 1. The molecular weight excluding hydrogens is 373 g/mol. The van der Waals surface area contributed by atoms with E-state index in [-0.39, 0.29) is 17.5 Å². The molecule has 5 rings (SSSR count). The van der Waals surface area contributed by atoms with Gasteiger partial charge in [-0.15, -0.1) is 0 Å². The van der Waals surface area contributed by atoms with Crippen LogP contribution in [-0.4, -0.2) is 34.6 Å². The van der Waals surface area contributed by atoms with E-state index in [4.69, 9.17) is 5.73 Å². The molecule has 2 aromatic rings. The fraction of sp³-hybridized carbons (Fsp3) is 0.545. The molecule has 3 heterocycles. The Labute approximate surface area is 168 Å².